The maximum atomic E-state index is 13.1. The van der Waals surface area contributed by atoms with E-state index in [4.69, 9.17) is 16.3 Å². The smallest absolute Gasteiger partial charge is 0.269 e. The number of sulfonamides is 1. The van der Waals surface area contributed by atoms with Crippen molar-refractivity contribution < 1.29 is 17.9 Å². The molecule has 0 bridgehead atoms. The summed E-state index contributed by atoms with van der Waals surface area (Å²) < 4.78 is 31.5. The van der Waals surface area contributed by atoms with Gasteiger partial charge in [0.15, 0.2) is 6.10 Å². The predicted molar refractivity (Wildman–Crippen MR) is 101 cm³/mol. The lowest BCUT2D eigenvalue weighted by Gasteiger charge is -2.35. The van der Waals surface area contributed by atoms with Gasteiger partial charge in [-0.1, -0.05) is 29.8 Å². The van der Waals surface area contributed by atoms with Gasteiger partial charge < -0.3 is 9.64 Å². The van der Waals surface area contributed by atoms with Crippen LogP contribution in [0.5, 0.6) is 5.75 Å². The van der Waals surface area contributed by atoms with Gasteiger partial charge in [-0.3, -0.25) is 9.10 Å². The van der Waals surface area contributed by atoms with Crippen molar-refractivity contribution in [2.24, 2.45) is 0 Å². The summed E-state index contributed by atoms with van der Waals surface area (Å²) in [6.07, 6.45) is 0.969. The van der Waals surface area contributed by atoms with E-state index in [0.29, 0.717) is 23.0 Å². The van der Waals surface area contributed by atoms with Crippen molar-refractivity contribution in [3.05, 3.63) is 53.1 Å². The van der Waals surface area contributed by atoms with Crippen molar-refractivity contribution in [2.75, 3.05) is 28.6 Å². The van der Waals surface area contributed by atoms with Crippen LogP contribution in [0, 0.1) is 0 Å². The molecule has 0 fully saturated rings. The summed E-state index contributed by atoms with van der Waals surface area (Å²) in [6, 6.07) is 12.4. The first-order valence-electron chi connectivity index (χ1n) is 8.18. The number of amides is 1. The zero-order valence-corrected chi connectivity index (χ0v) is 15.6. The van der Waals surface area contributed by atoms with Crippen LogP contribution >= 0.6 is 11.6 Å². The molecule has 2 heterocycles. The Hall–Kier alpha value is -2.25. The lowest BCUT2D eigenvalue weighted by atomic mass is 10.1. The van der Waals surface area contributed by atoms with Gasteiger partial charge >= 0.3 is 0 Å². The molecular formula is C18H17ClN2O4S. The number of hydrogen-bond donors (Lipinski definition) is 0. The van der Waals surface area contributed by atoms with Gasteiger partial charge in [0.2, 0.25) is 10.0 Å². The molecule has 4 rings (SSSR count). The van der Waals surface area contributed by atoms with Gasteiger partial charge in [-0.15, -0.1) is 0 Å². The monoisotopic (exact) mass is 392 g/mol. The van der Waals surface area contributed by atoms with E-state index in [1.54, 1.807) is 17.0 Å². The Balaban J connectivity index is 1.69. The summed E-state index contributed by atoms with van der Waals surface area (Å²) in [6.45, 7) is 0.480. The highest BCUT2D eigenvalue weighted by Crippen LogP contribution is 2.38. The minimum Gasteiger partial charge on any atom is -0.476 e. The summed E-state index contributed by atoms with van der Waals surface area (Å²) in [4.78, 5) is 14.7. The van der Waals surface area contributed by atoms with Crippen molar-refractivity contribution in [1.29, 1.82) is 0 Å². The second-order valence-corrected chi connectivity index (χ2v) is 8.72. The Morgan fingerprint density at radius 3 is 2.73 bits per heavy atom. The number of nitrogens with zero attached hydrogens (tertiary/aromatic N) is 2. The highest BCUT2D eigenvalue weighted by atomic mass is 35.5. The molecule has 2 aliphatic rings. The standard InChI is InChI=1S/C18H17ClN2O4S/c1-26(23,24)21-11-17(25-16-7-6-13(19)10-15(16)21)18(22)20-9-8-12-4-2-3-5-14(12)20/h2-7,10,17H,8-9,11H2,1H3/t17-/m1/s1. The predicted octanol–water partition coefficient (Wildman–Crippen LogP) is 2.46. The highest BCUT2D eigenvalue weighted by Gasteiger charge is 2.38. The molecule has 6 nitrogen and oxygen atoms in total. The average molecular weight is 393 g/mol. The van der Waals surface area contributed by atoms with Gasteiger partial charge in [-0.05, 0) is 36.2 Å². The molecule has 0 radical (unpaired) electrons. The van der Waals surface area contributed by atoms with E-state index in [-0.39, 0.29) is 12.5 Å². The number of benzene rings is 2. The van der Waals surface area contributed by atoms with Crippen LogP contribution in [0.1, 0.15) is 5.56 Å². The van der Waals surface area contributed by atoms with Gasteiger partial charge in [-0.25, -0.2) is 8.42 Å². The third-order valence-electron chi connectivity index (χ3n) is 4.62. The topological polar surface area (TPSA) is 66.9 Å². The normalized spacial score (nSPS) is 18.9. The van der Waals surface area contributed by atoms with Crippen molar-refractivity contribution in [3.63, 3.8) is 0 Å². The molecule has 0 aliphatic carbocycles. The minimum absolute atomic E-state index is 0.0797. The second-order valence-electron chi connectivity index (χ2n) is 6.38. The van der Waals surface area contributed by atoms with Crippen molar-refractivity contribution in [3.8, 4) is 5.75 Å². The molecule has 1 amide bonds. The lowest BCUT2D eigenvalue weighted by Crippen LogP contribution is -2.51. The number of hydrogen-bond acceptors (Lipinski definition) is 4. The minimum atomic E-state index is -3.58. The molecule has 0 saturated heterocycles. The van der Waals surface area contributed by atoms with E-state index >= 15 is 0 Å². The summed E-state index contributed by atoms with van der Waals surface area (Å²) in [5.74, 6) is 0.0844. The Morgan fingerprint density at radius 2 is 1.96 bits per heavy atom. The molecule has 1 atom stereocenters. The first-order valence-corrected chi connectivity index (χ1v) is 10.4. The van der Waals surface area contributed by atoms with Crippen LogP contribution in [0.15, 0.2) is 42.5 Å². The molecule has 0 saturated carbocycles. The van der Waals surface area contributed by atoms with Crippen LogP contribution in [0.2, 0.25) is 5.02 Å². The van der Waals surface area contributed by atoms with Crippen LogP contribution in [0.25, 0.3) is 0 Å². The number of halogens is 1. The van der Waals surface area contributed by atoms with Crippen LogP contribution in [-0.2, 0) is 21.2 Å². The third kappa shape index (κ3) is 2.91. The molecule has 2 aliphatic heterocycles. The van der Waals surface area contributed by atoms with Crippen molar-refractivity contribution >= 4 is 38.9 Å². The van der Waals surface area contributed by atoms with Crippen molar-refractivity contribution in [1.82, 2.24) is 0 Å². The molecule has 26 heavy (non-hydrogen) atoms. The molecular weight excluding hydrogens is 376 g/mol. The number of para-hydroxylation sites is 1. The summed E-state index contributed by atoms with van der Waals surface area (Å²) in [5.41, 5.74) is 2.31. The molecule has 2 aromatic carbocycles. The molecule has 2 aromatic rings. The number of fused-ring (bicyclic) bond motifs is 2. The van der Waals surface area contributed by atoms with E-state index in [9.17, 15) is 13.2 Å². The highest BCUT2D eigenvalue weighted by molar-refractivity contribution is 7.92. The third-order valence-corrected chi connectivity index (χ3v) is 6.00. The second kappa shape index (κ2) is 6.17. The largest absolute Gasteiger partial charge is 0.476 e. The summed E-state index contributed by atoms with van der Waals surface area (Å²) >= 11 is 6.00. The quantitative estimate of drug-likeness (QED) is 0.787. The zero-order chi connectivity index (χ0) is 18.5. The van der Waals surface area contributed by atoms with Gasteiger partial charge in [0.25, 0.3) is 5.91 Å². The van der Waals surface area contributed by atoms with Gasteiger partial charge in [0.1, 0.15) is 5.75 Å². The molecule has 0 N–H and O–H groups in total. The van der Waals surface area contributed by atoms with Crippen molar-refractivity contribution in [2.45, 2.75) is 12.5 Å². The number of carbonyl (C=O) groups excluding carboxylic acids is 1. The van der Waals surface area contributed by atoms with Crippen LogP contribution in [0.4, 0.5) is 11.4 Å². The van der Waals surface area contributed by atoms with Crippen LogP contribution < -0.4 is 13.9 Å². The fourth-order valence-electron chi connectivity index (χ4n) is 3.41. The van der Waals surface area contributed by atoms with Crippen LogP contribution in [0.3, 0.4) is 0 Å². The number of carbonyl (C=O) groups is 1. The molecule has 0 spiro atoms. The SMILES string of the molecule is CS(=O)(=O)N1C[C@H](C(=O)N2CCc3ccccc32)Oc2ccc(Cl)cc21. The molecule has 0 aromatic heterocycles. The molecule has 136 valence electrons. The first-order chi connectivity index (χ1) is 12.3. The summed E-state index contributed by atoms with van der Waals surface area (Å²) in [5, 5.41) is 0.402. The van der Waals surface area contributed by atoms with Gasteiger partial charge in [-0.2, -0.15) is 0 Å². The Morgan fingerprint density at radius 1 is 1.19 bits per heavy atom. The lowest BCUT2D eigenvalue weighted by molar-refractivity contribution is -0.125. The van der Waals surface area contributed by atoms with E-state index in [2.05, 4.69) is 0 Å². The number of rotatable bonds is 2. The van der Waals surface area contributed by atoms with E-state index < -0.39 is 16.1 Å². The Labute approximate surface area is 157 Å². The van der Waals surface area contributed by atoms with E-state index in [1.165, 1.54) is 10.4 Å². The van der Waals surface area contributed by atoms with Gasteiger partial charge in [0.05, 0.1) is 18.5 Å². The van der Waals surface area contributed by atoms with Crippen LogP contribution in [-0.4, -0.2) is 39.8 Å². The Kier molecular flexibility index (Phi) is 4.08. The summed E-state index contributed by atoms with van der Waals surface area (Å²) in [7, 11) is -3.58. The first kappa shape index (κ1) is 17.2. The fourth-order valence-corrected chi connectivity index (χ4v) is 4.48. The number of anilines is 2. The maximum absolute atomic E-state index is 13.1. The maximum Gasteiger partial charge on any atom is 0.269 e. The van der Waals surface area contributed by atoms with E-state index in [1.807, 2.05) is 24.3 Å². The number of ether oxygens (including phenoxy) is 1. The zero-order valence-electron chi connectivity index (χ0n) is 14.1. The van der Waals surface area contributed by atoms with Gasteiger partial charge in [0, 0.05) is 17.3 Å². The Bertz CT molecular complexity index is 992. The molecule has 0 unspecified atom stereocenters. The fraction of sp³-hybridized carbons (Fsp3) is 0.278. The molecule has 8 heteroatoms. The van der Waals surface area contributed by atoms with E-state index in [0.717, 1.165) is 23.9 Å². The average Bonchev–Trinajstić information content (AvgIpc) is 3.03.